The number of amides is 1. The van der Waals surface area contributed by atoms with Gasteiger partial charge in [0.05, 0.1) is 31.4 Å². The van der Waals surface area contributed by atoms with Crippen molar-refractivity contribution in [2.75, 3.05) is 20.8 Å². The van der Waals surface area contributed by atoms with Crippen LogP contribution in [0.1, 0.15) is 12.5 Å². The van der Waals surface area contributed by atoms with E-state index in [9.17, 15) is 4.79 Å². The molecule has 1 fully saturated rings. The van der Waals surface area contributed by atoms with Crippen LogP contribution in [0, 0.1) is 0 Å². The van der Waals surface area contributed by atoms with E-state index in [-0.39, 0.29) is 5.91 Å². The molecule has 0 unspecified atom stereocenters. The molecule has 0 atom stereocenters. The summed E-state index contributed by atoms with van der Waals surface area (Å²) in [4.78, 5) is 17.4. The topological polar surface area (TPSA) is 69.2 Å². The van der Waals surface area contributed by atoms with E-state index in [4.69, 9.17) is 14.2 Å². The number of nitrogens with zero attached hydrogens (tertiary/aromatic N) is 1. The molecule has 1 aliphatic heterocycles. The van der Waals surface area contributed by atoms with E-state index in [1.54, 1.807) is 20.3 Å². The van der Waals surface area contributed by atoms with E-state index in [0.717, 1.165) is 21.5 Å². The number of amidine groups is 1. The van der Waals surface area contributed by atoms with E-state index in [0.29, 0.717) is 28.2 Å². The van der Waals surface area contributed by atoms with Crippen molar-refractivity contribution in [2.24, 2.45) is 4.99 Å². The van der Waals surface area contributed by atoms with Crippen molar-refractivity contribution in [2.45, 2.75) is 6.92 Å². The normalized spacial score (nSPS) is 16.4. The lowest BCUT2D eigenvalue weighted by atomic mass is 10.2. The molecule has 8 heteroatoms. The van der Waals surface area contributed by atoms with E-state index in [1.165, 1.54) is 11.8 Å². The Morgan fingerprint density at radius 2 is 1.89 bits per heavy atom. The van der Waals surface area contributed by atoms with Crippen LogP contribution < -0.4 is 19.5 Å². The molecule has 146 valence electrons. The van der Waals surface area contributed by atoms with Gasteiger partial charge in [-0.3, -0.25) is 4.79 Å². The van der Waals surface area contributed by atoms with Gasteiger partial charge < -0.3 is 19.5 Å². The largest absolute Gasteiger partial charge is 0.497 e. The minimum Gasteiger partial charge on any atom is -0.497 e. The number of nitrogens with one attached hydrogen (secondary N) is 1. The molecule has 0 saturated carbocycles. The number of rotatable bonds is 6. The second-order valence-corrected chi connectivity index (χ2v) is 7.52. The average molecular weight is 463 g/mol. The molecule has 0 aromatic heterocycles. The number of aliphatic imine (C=N–C) groups is 1. The summed E-state index contributed by atoms with van der Waals surface area (Å²) in [6.07, 6.45) is 1.79. The molecular formula is C20H19BrN2O4S. The molecule has 1 saturated heterocycles. The van der Waals surface area contributed by atoms with Gasteiger partial charge >= 0.3 is 0 Å². The molecule has 28 heavy (non-hydrogen) atoms. The van der Waals surface area contributed by atoms with E-state index in [1.807, 2.05) is 43.3 Å². The van der Waals surface area contributed by atoms with Gasteiger partial charge in [-0.2, -0.15) is 0 Å². The number of carbonyl (C=O) groups is 1. The molecule has 0 spiro atoms. The molecule has 1 amide bonds. The van der Waals surface area contributed by atoms with Gasteiger partial charge in [0.25, 0.3) is 5.91 Å². The Labute approximate surface area is 176 Å². The summed E-state index contributed by atoms with van der Waals surface area (Å²) in [5.41, 5.74) is 1.54. The van der Waals surface area contributed by atoms with E-state index < -0.39 is 0 Å². The SMILES string of the molecule is CCOc1cc(/C=C2/SC(=Nc3ccc(OC)cc3)NC2=O)c(Br)cc1OC. The Morgan fingerprint density at radius 1 is 1.14 bits per heavy atom. The number of hydrogen-bond donors (Lipinski definition) is 1. The average Bonchev–Trinajstić information content (AvgIpc) is 3.03. The lowest BCUT2D eigenvalue weighted by Crippen LogP contribution is -2.19. The van der Waals surface area contributed by atoms with Gasteiger partial charge in [-0.25, -0.2) is 4.99 Å². The molecule has 1 N–H and O–H groups in total. The predicted molar refractivity (Wildman–Crippen MR) is 116 cm³/mol. The van der Waals surface area contributed by atoms with Crippen LogP contribution in [-0.4, -0.2) is 31.9 Å². The first-order chi connectivity index (χ1) is 13.5. The zero-order chi connectivity index (χ0) is 20.1. The number of benzene rings is 2. The Hall–Kier alpha value is -2.45. The van der Waals surface area contributed by atoms with Crippen molar-refractivity contribution < 1.29 is 19.0 Å². The van der Waals surface area contributed by atoms with Gasteiger partial charge in [-0.15, -0.1) is 0 Å². The standard InChI is InChI=1S/C20H19BrN2O4S/c1-4-27-17-9-12(15(21)11-16(17)26-3)10-18-19(24)23-20(28-18)22-13-5-7-14(25-2)8-6-13/h5-11H,4H2,1-3H3,(H,22,23,24)/b18-10+. The number of ether oxygens (including phenoxy) is 3. The van der Waals surface area contributed by atoms with Gasteiger partial charge in [0.2, 0.25) is 0 Å². The summed E-state index contributed by atoms with van der Waals surface area (Å²) in [5.74, 6) is 1.80. The predicted octanol–water partition coefficient (Wildman–Crippen LogP) is 4.76. The third kappa shape index (κ3) is 4.69. The van der Waals surface area contributed by atoms with E-state index in [2.05, 4.69) is 26.2 Å². The fourth-order valence-corrected chi connectivity index (χ4v) is 3.75. The number of methoxy groups -OCH3 is 2. The highest BCUT2D eigenvalue weighted by Gasteiger charge is 2.24. The van der Waals surface area contributed by atoms with Crippen LogP contribution in [0.5, 0.6) is 17.2 Å². The maximum Gasteiger partial charge on any atom is 0.264 e. The van der Waals surface area contributed by atoms with Gasteiger partial charge in [0, 0.05) is 4.47 Å². The molecule has 6 nitrogen and oxygen atoms in total. The molecule has 0 radical (unpaired) electrons. The summed E-state index contributed by atoms with van der Waals surface area (Å²) >= 11 is 4.80. The highest BCUT2D eigenvalue weighted by atomic mass is 79.9. The highest BCUT2D eigenvalue weighted by molar-refractivity contribution is 9.10. The first-order valence-electron chi connectivity index (χ1n) is 8.48. The molecule has 3 rings (SSSR count). The van der Waals surface area contributed by atoms with Crippen LogP contribution >= 0.6 is 27.7 Å². The number of thioether (sulfide) groups is 1. The lowest BCUT2D eigenvalue weighted by Gasteiger charge is -2.11. The number of hydrogen-bond acceptors (Lipinski definition) is 6. The molecular weight excluding hydrogens is 444 g/mol. The zero-order valence-electron chi connectivity index (χ0n) is 15.6. The van der Waals surface area contributed by atoms with Crippen molar-refractivity contribution in [3.63, 3.8) is 0 Å². The van der Waals surface area contributed by atoms with Crippen molar-refractivity contribution in [3.8, 4) is 17.2 Å². The first-order valence-corrected chi connectivity index (χ1v) is 10.1. The third-order valence-corrected chi connectivity index (χ3v) is 5.42. The smallest absolute Gasteiger partial charge is 0.264 e. The van der Waals surface area contributed by atoms with Crippen LogP contribution in [0.2, 0.25) is 0 Å². The van der Waals surface area contributed by atoms with Gasteiger partial charge in [-0.1, -0.05) is 15.9 Å². The summed E-state index contributed by atoms with van der Waals surface area (Å²) in [5, 5.41) is 3.31. The molecule has 0 bridgehead atoms. The van der Waals surface area contributed by atoms with Gasteiger partial charge in [-0.05, 0) is 66.7 Å². The summed E-state index contributed by atoms with van der Waals surface area (Å²) in [7, 11) is 3.20. The van der Waals surface area contributed by atoms with Gasteiger partial charge in [0.15, 0.2) is 16.7 Å². The first kappa shape index (κ1) is 20.3. The van der Waals surface area contributed by atoms with Crippen molar-refractivity contribution in [3.05, 3.63) is 51.3 Å². The number of carbonyl (C=O) groups excluding carboxylic acids is 1. The summed E-state index contributed by atoms with van der Waals surface area (Å²) in [6, 6.07) is 11.0. The fourth-order valence-electron chi connectivity index (χ4n) is 2.49. The quantitative estimate of drug-likeness (QED) is 0.626. The molecule has 1 heterocycles. The van der Waals surface area contributed by atoms with E-state index >= 15 is 0 Å². The Bertz CT molecular complexity index is 942. The molecule has 2 aromatic carbocycles. The zero-order valence-corrected chi connectivity index (χ0v) is 18.0. The summed E-state index contributed by atoms with van der Waals surface area (Å²) < 4.78 is 16.9. The van der Waals surface area contributed by atoms with Crippen LogP contribution in [-0.2, 0) is 4.79 Å². The van der Waals surface area contributed by atoms with Gasteiger partial charge in [0.1, 0.15) is 5.75 Å². The fraction of sp³-hybridized carbons (Fsp3) is 0.200. The summed E-state index contributed by atoms with van der Waals surface area (Å²) in [6.45, 7) is 2.42. The second-order valence-electron chi connectivity index (χ2n) is 5.64. The second kappa shape index (κ2) is 9.16. The van der Waals surface area contributed by atoms with Crippen LogP contribution in [0.15, 0.2) is 50.8 Å². The van der Waals surface area contributed by atoms with Crippen molar-refractivity contribution in [1.29, 1.82) is 0 Å². The third-order valence-electron chi connectivity index (χ3n) is 3.82. The maximum absolute atomic E-state index is 12.4. The van der Waals surface area contributed by atoms with Crippen molar-refractivity contribution >= 4 is 50.5 Å². The lowest BCUT2D eigenvalue weighted by molar-refractivity contribution is -0.115. The van der Waals surface area contributed by atoms with Crippen LogP contribution in [0.3, 0.4) is 0 Å². The molecule has 1 aliphatic rings. The maximum atomic E-state index is 12.4. The molecule has 0 aliphatic carbocycles. The Kier molecular flexibility index (Phi) is 6.64. The number of halogens is 1. The van der Waals surface area contributed by atoms with Crippen molar-refractivity contribution in [1.82, 2.24) is 5.32 Å². The highest BCUT2D eigenvalue weighted by Crippen LogP contribution is 2.36. The van der Waals surface area contributed by atoms with Crippen LogP contribution in [0.4, 0.5) is 5.69 Å². The minimum absolute atomic E-state index is 0.196. The molecule has 2 aromatic rings. The van der Waals surface area contributed by atoms with Crippen LogP contribution in [0.25, 0.3) is 6.08 Å². The minimum atomic E-state index is -0.196. The monoisotopic (exact) mass is 462 g/mol. The Balaban J connectivity index is 1.85. The Morgan fingerprint density at radius 3 is 2.54 bits per heavy atom.